The standard InChI is InChI=1S/C21H26N4O2/c1-15-7-9-18(10-8-15)24-13-16(11-20(24)26)21(27)23-17-12-22-25(14-17)19-5-3-2-4-6-19/h2-6,12,14-16,18H,7-11,13H2,1H3,(H,23,27). The molecule has 2 fully saturated rings. The van der Waals surface area contributed by atoms with Gasteiger partial charge in [-0.15, -0.1) is 0 Å². The highest BCUT2D eigenvalue weighted by Gasteiger charge is 2.38. The van der Waals surface area contributed by atoms with Crippen LogP contribution in [0.15, 0.2) is 42.7 Å². The van der Waals surface area contributed by atoms with E-state index in [1.165, 1.54) is 12.8 Å². The van der Waals surface area contributed by atoms with E-state index in [0.29, 0.717) is 24.7 Å². The van der Waals surface area contributed by atoms with Crippen molar-refractivity contribution in [1.82, 2.24) is 14.7 Å². The zero-order chi connectivity index (χ0) is 18.8. The number of carbonyl (C=O) groups is 2. The highest BCUT2D eigenvalue weighted by Crippen LogP contribution is 2.31. The smallest absolute Gasteiger partial charge is 0.229 e. The molecule has 1 aliphatic carbocycles. The van der Waals surface area contributed by atoms with Gasteiger partial charge in [0.2, 0.25) is 11.8 Å². The fourth-order valence-corrected chi connectivity index (χ4v) is 4.17. The van der Waals surface area contributed by atoms with Crippen LogP contribution in [0.3, 0.4) is 0 Å². The molecule has 2 aromatic rings. The van der Waals surface area contributed by atoms with Crippen LogP contribution in [0.2, 0.25) is 0 Å². The Kier molecular flexibility index (Phi) is 4.97. The lowest BCUT2D eigenvalue weighted by molar-refractivity contribution is -0.130. The highest BCUT2D eigenvalue weighted by atomic mass is 16.2. The zero-order valence-corrected chi connectivity index (χ0v) is 15.7. The fourth-order valence-electron chi connectivity index (χ4n) is 4.17. The molecule has 27 heavy (non-hydrogen) atoms. The average Bonchev–Trinajstić information content (AvgIpc) is 3.30. The molecule has 0 bridgehead atoms. The monoisotopic (exact) mass is 366 g/mol. The fraction of sp³-hybridized carbons (Fsp3) is 0.476. The minimum Gasteiger partial charge on any atom is -0.339 e. The summed E-state index contributed by atoms with van der Waals surface area (Å²) in [6.45, 7) is 2.81. The topological polar surface area (TPSA) is 67.2 Å². The van der Waals surface area contributed by atoms with Gasteiger partial charge >= 0.3 is 0 Å². The van der Waals surface area contributed by atoms with Crippen molar-refractivity contribution in [2.45, 2.75) is 45.1 Å². The predicted molar refractivity (Wildman–Crippen MR) is 103 cm³/mol. The number of rotatable bonds is 4. The van der Waals surface area contributed by atoms with E-state index in [4.69, 9.17) is 0 Å². The Morgan fingerprint density at radius 1 is 1.15 bits per heavy atom. The molecule has 6 heteroatoms. The van der Waals surface area contributed by atoms with Crippen molar-refractivity contribution < 1.29 is 9.59 Å². The van der Waals surface area contributed by atoms with Gasteiger partial charge in [-0.2, -0.15) is 5.10 Å². The second kappa shape index (κ2) is 7.55. The number of benzene rings is 1. The molecule has 2 amide bonds. The number of carbonyl (C=O) groups excluding carboxylic acids is 2. The number of nitrogens with zero attached hydrogens (tertiary/aromatic N) is 3. The van der Waals surface area contributed by atoms with Crippen molar-refractivity contribution >= 4 is 17.5 Å². The van der Waals surface area contributed by atoms with Crippen molar-refractivity contribution in [3.63, 3.8) is 0 Å². The summed E-state index contributed by atoms with van der Waals surface area (Å²) < 4.78 is 1.73. The average molecular weight is 366 g/mol. The van der Waals surface area contributed by atoms with E-state index >= 15 is 0 Å². The molecule has 0 radical (unpaired) electrons. The lowest BCUT2D eigenvalue weighted by atomic mass is 9.87. The van der Waals surface area contributed by atoms with Crippen molar-refractivity contribution in [3.8, 4) is 5.69 Å². The molecular formula is C21H26N4O2. The van der Waals surface area contributed by atoms with Crippen LogP contribution in [0.5, 0.6) is 0 Å². The summed E-state index contributed by atoms with van der Waals surface area (Å²) in [6.07, 6.45) is 8.21. The van der Waals surface area contributed by atoms with E-state index in [2.05, 4.69) is 17.3 Å². The van der Waals surface area contributed by atoms with Gasteiger partial charge in [-0.1, -0.05) is 25.1 Å². The Morgan fingerprint density at radius 3 is 2.63 bits per heavy atom. The first-order valence-electron chi connectivity index (χ1n) is 9.80. The summed E-state index contributed by atoms with van der Waals surface area (Å²) in [5, 5.41) is 7.23. The number of aromatic nitrogens is 2. The second-order valence-corrected chi connectivity index (χ2v) is 7.86. The molecule has 2 aliphatic rings. The first-order chi connectivity index (χ1) is 13.1. The van der Waals surface area contributed by atoms with Crippen LogP contribution < -0.4 is 5.32 Å². The first kappa shape index (κ1) is 17.8. The molecule has 1 aromatic carbocycles. The van der Waals surface area contributed by atoms with Gasteiger partial charge in [-0.05, 0) is 43.7 Å². The van der Waals surface area contributed by atoms with Gasteiger partial charge in [0.15, 0.2) is 0 Å². The molecule has 4 rings (SSSR count). The summed E-state index contributed by atoms with van der Waals surface area (Å²) in [5.74, 6) is 0.494. The summed E-state index contributed by atoms with van der Waals surface area (Å²) in [7, 11) is 0. The maximum atomic E-state index is 12.7. The van der Waals surface area contributed by atoms with Crippen LogP contribution in [0.4, 0.5) is 5.69 Å². The third-order valence-electron chi connectivity index (χ3n) is 5.83. The summed E-state index contributed by atoms with van der Waals surface area (Å²) in [5.41, 5.74) is 1.59. The van der Waals surface area contributed by atoms with Gasteiger partial charge < -0.3 is 10.2 Å². The number of anilines is 1. The molecule has 1 saturated heterocycles. The zero-order valence-electron chi connectivity index (χ0n) is 15.7. The summed E-state index contributed by atoms with van der Waals surface area (Å²) >= 11 is 0. The maximum Gasteiger partial charge on any atom is 0.229 e. The van der Waals surface area contributed by atoms with Gasteiger partial charge in [-0.3, -0.25) is 9.59 Å². The SMILES string of the molecule is CC1CCC(N2CC(C(=O)Nc3cnn(-c4ccccc4)c3)CC2=O)CC1. The number of hydrogen-bond acceptors (Lipinski definition) is 3. The number of amides is 2. The third-order valence-corrected chi connectivity index (χ3v) is 5.83. The van der Waals surface area contributed by atoms with E-state index < -0.39 is 0 Å². The minimum absolute atomic E-state index is 0.0948. The molecule has 1 saturated carbocycles. The maximum absolute atomic E-state index is 12.7. The second-order valence-electron chi connectivity index (χ2n) is 7.86. The normalized spacial score (nSPS) is 25.6. The third kappa shape index (κ3) is 3.89. The van der Waals surface area contributed by atoms with Crippen LogP contribution in [0.25, 0.3) is 5.69 Å². The molecule has 6 nitrogen and oxygen atoms in total. The van der Waals surface area contributed by atoms with Crippen LogP contribution in [0, 0.1) is 11.8 Å². The Labute approximate surface area is 159 Å². The molecule has 1 aromatic heterocycles. The van der Waals surface area contributed by atoms with Gasteiger partial charge in [0.05, 0.1) is 29.7 Å². The Bertz CT molecular complexity index is 809. The molecule has 1 aliphatic heterocycles. The van der Waals surface area contributed by atoms with Crippen molar-refractivity contribution in [3.05, 3.63) is 42.7 Å². The van der Waals surface area contributed by atoms with E-state index in [9.17, 15) is 9.59 Å². The predicted octanol–water partition coefficient (Wildman–Crippen LogP) is 3.24. The molecular weight excluding hydrogens is 340 g/mol. The van der Waals surface area contributed by atoms with Crippen LogP contribution in [-0.4, -0.2) is 39.1 Å². The van der Waals surface area contributed by atoms with Crippen molar-refractivity contribution in [2.24, 2.45) is 11.8 Å². The Hall–Kier alpha value is -2.63. The van der Waals surface area contributed by atoms with Gasteiger partial charge in [0.1, 0.15) is 0 Å². The Morgan fingerprint density at radius 2 is 1.89 bits per heavy atom. The van der Waals surface area contributed by atoms with Gasteiger partial charge in [-0.25, -0.2) is 4.68 Å². The lowest BCUT2D eigenvalue weighted by Gasteiger charge is -2.33. The molecule has 1 atom stereocenters. The number of likely N-dealkylation sites (tertiary alicyclic amines) is 1. The van der Waals surface area contributed by atoms with E-state index in [1.807, 2.05) is 35.2 Å². The van der Waals surface area contributed by atoms with Crippen LogP contribution >= 0.6 is 0 Å². The molecule has 2 heterocycles. The molecule has 142 valence electrons. The number of nitrogens with one attached hydrogen (secondary N) is 1. The first-order valence-corrected chi connectivity index (χ1v) is 9.80. The quantitative estimate of drug-likeness (QED) is 0.903. The Balaban J connectivity index is 1.36. The van der Waals surface area contributed by atoms with E-state index in [-0.39, 0.29) is 17.7 Å². The largest absolute Gasteiger partial charge is 0.339 e. The van der Waals surface area contributed by atoms with Crippen molar-refractivity contribution in [1.29, 1.82) is 0 Å². The highest BCUT2D eigenvalue weighted by molar-refractivity contribution is 5.97. The summed E-state index contributed by atoms with van der Waals surface area (Å²) in [4.78, 5) is 27.0. The summed E-state index contributed by atoms with van der Waals surface area (Å²) in [6, 6.07) is 10.1. The minimum atomic E-state index is -0.281. The lowest BCUT2D eigenvalue weighted by Crippen LogP contribution is -2.39. The molecule has 0 spiro atoms. The van der Waals surface area contributed by atoms with Crippen LogP contribution in [-0.2, 0) is 9.59 Å². The molecule has 1 unspecified atom stereocenters. The van der Waals surface area contributed by atoms with Crippen LogP contribution in [0.1, 0.15) is 39.0 Å². The van der Waals surface area contributed by atoms with Crippen molar-refractivity contribution in [2.75, 3.05) is 11.9 Å². The number of para-hydroxylation sites is 1. The van der Waals surface area contributed by atoms with Gasteiger partial charge in [0.25, 0.3) is 0 Å². The molecule has 1 N–H and O–H groups in total. The van der Waals surface area contributed by atoms with Gasteiger partial charge in [0, 0.05) is 19.0 Å². The van der Waals surface area contributed by atoms with E-state index in [1.54, 1.807) is 17.1 Å². The van der Waals surface area contributed by atoms with E-state index in [0.717, 1.165) is 24.4 Å². The number of hydrogen-bond donors (Lipinski definition) is 1.